The third-order valence-electron chi connectivity index (χ3n) is 2.93. The van der Waals surface area contributed by atoms with Crippen molar-refractivity contribution in [2.75, 3.05) is 11.9 Å². The van der Waals surface area contributed by atoms with Crippen molar-refractivity contribution in [3.63, 3.8) is 0 Å². The average Bonchev–Trinajstić information content (AvgIpc) is 2.92. The Hall–Kier alpha value is -1.20. The Bertz CT molecular complexity index is 409. The number of anilines is 1. The molecule has 0 radical (unpaired) electrons. The lowest BCUT2D eigenvalue weighted by atomic mass is 10.2. The third kappa shape index (κ3) is 2.43. The highest BCUT2D eigenvalue weighted by atomic mass is 35.5. The van der Waals surface area contributed by atoms with Gasteiger partial charge in [0.25, 0.3) is 0 Å². The Morgan fingerprint density at radius 2 is 2.33 bits per heavy atom. The quantitative estimate of drug-likeness (QED) is 0.849. The van der Waals surface area contributed by atoms with E-state index in [-0.39, 0.29) is 0 Å². The predicted molar refractivity (Wildman–Crippen MR) is 61.9 cm³/mol. The molecule has 0 amide bonds. The largest absolute Gasteiger partial charge is 0.384 e. The maximum Gasteiger partial charge on any atom is 0.101 e. The van der Waals surface area contributed by atoms with Gasteiger partial charge >= 0.3 is 0 Å². The van der Waals surface area contributed by atoms with Crippen molar-refractivity contribution >= 4 is 17.3 Å². The molecule has 2 atom stereocenters. The van der Waals surface area contributed by atoms with Crippen molar-refractivity contribution in [3.8, 4) is 6.07 Å². The van der Waals surface area contributed by atoms with Crippen LogP contribution in [0.25, 0.3) is 0 Å². The lowest BCUT2D eigenvalue weighted by molar-refractivity contribution is 0.787. The predicted octanol–water partition coefficient (Wildman–Crippen LogP) is 3.28. The monoisotopic (exact) mass is 220 g/mol. The fourth-order valence-electron chi connectivity index (χ4n) is 1.69. The van der Waals surface area contributed by atoms with Crippen LogP contribution in [0.2, 0.25) is 5.02 Å². The van der Waals surface area contributed by atoms with E-state index in [1.54, 1.807) is 12.1 Å². The van der Waals surface area contributed by atoms with Crippen LogP contribution in [-0.2, 0) is 0 Å². The van der Waals surface area contributed by atoms with Gasteiger partial charge in [0.05, 0.1) is 11.3 Å². The SMILES string of the molecule is CC1CC1CNc1ccc(Cl)cc1C#N. The molecule has 0 spiro atoms. The molecule has 2 nitrogen and oxygen atoms in total. The maximum absolute atomic E-state index is 8.93. The number of benzene rings is 1. The van der Waals surface area contributed by atoms with Crippen LogP contribution in [-0.4, -0.2) is 6.54 Å². The second-order valence-electron chi connectivity index (χ2n) is 4.16. The van der Waals surface area contributed by atoms with E-state index in [9.17, 15) is 0 Å². The summed E-state index contributed by atoms with van der Waals surface area (Å²) >= 11 is 5.81. The minimum absolute atomic E-state index is 0.608. The molecule has 1 aliphatic rings. The topological polar surface area (TPSA) is 35.8 Å². The summed E-state index contributed by atoms with van der Waals surface area (Å²) in [6, 6.07) is 7.52. The Labute approximate surface area is 94.9 Å². The van der Waals surface area contributed by atoms with E-state index in [0.29, 0.717) is 10.6 Å². The molecule has 1 aromatic rings. The summed E-state index contributed by atoms with van der Waals surface area (Å²) in [6.45, 7) is 3.21. The lowest BCUT2D eigenvalue weighted by Crippen LogP contribution is -2.05. The number of hydrogen-bond donors (Lipinski definition) is 1. The lowest BCUT2D eigenvalue weighted by Gasteiger charge is -2.07. The van der Waals surface area contributed by atoms with Crippen LogP contribution in [0.3, 0.4) is 0 Å². The van der Waals surface area contributed by atoms with Gasteiger partial charge in [-0.2, -0.15) is 5.26 Å². The summed E-state index contributed by atoms with van der Waals surface area (Å²) in [4.78, 5) is 0. The fraction of sp³-hybridized carbons (Fsp3) is 0.417. The highest BCUT2D eigenvalue weighted by molar-refractivity contribution is 6.30. The molecule has 2 rings (SSSR count). The van der Waals surface area contributed by atoms with E-state index < -0.39 is 0 Å². The van der Waals surface area contributed by atoms with Crippen molar-refractivity contribution in [1.82, 2.24) is 0 Å². The molecule has 0 bridgehead atoms. The zero-order valence-electron chi connectivity index (χ0n) is 8.63. The molecule has 0 saturated heterocycles. The molecular formula is C12H13ClN2. The van der Waals surface area contributed by atoms with E-state index in [1.807, 2.05) is 6.07 Å². The van der Waals surface area contributed by atoms with Crippen molar-refractivity contribution in [2.24, 2.45) is 11.8 Å². The molecule has 1 saturated carbocycles. The Balaban J connectivity index is 2.04. The van der Waals surface area contributed by atoms with Gasteiger partial charge in [0.15, 0.2) is 0 Å². The smallest absolute Gasteiger partial charge is 0.101 e. The Morgan fingerprint density at radius 1 is 1.60 bits per heavy atom. The highest BCUT2D eigenvalue weighted by Crippen LogP contribution is 2.37. The van der Waals surface area contributed by atoms with Crippen molar-refractivity contribution < 1.29 is 0 Å². The van der Waals surface area contributed by atoms with Gasteiger partial charge in [-0.1, -0.05) is 18.5 Å². The molecule has 3 heteroatoms. The van der Waals surface area contributed by atoms with Crippen molar-refractivity contribution in [3.05, 3.63) is 28.8 Å². The first-order valence-corrected chi connectivity index (χ1v) is 5.52. The van der Waals surface area contributed by atoms with Gasteiger partial charge in [0.1, 0.15) is 6.07 Å². The van der Waals surface area contributed by atoms with Gasteiger partial charge in [-0.05, 0) is 36.5 Å². The summed E-state index contributed by atoms with van der Waals surface area (Å²) in [5.74, 6) is 1.60. The van der Waals surface area contributed by atoms with E-state index in [1.165, 1.54) is 6.42 Å². The molecule has 78 valence electrons. The van der Waals surface area contributed by atoms with E-state index in [2.05, 4.69) is 18.3 Å². The summed E-state index contributed by atoms with van der Waals surface area (Å²) < 4.78 is 0. The van der Waals surface area contributed by atoms with Gasteiger partial charge in [-0.15, -0.1) is 0 Å². The number of rotatable bonds is 3. The molecule has 1 N–H and O–H groups in total. The van der Waals surface area contributed by atoms with Crippen molar-refractivity contribution in [2.45, 2.75) is 13.3 Å². The van der Waals surface area contributed by atoms with Gasteiger partial charge in [0.2, 0.25) is 0 Å². The minimum atomic E-state index is 0.608. The summed E-state index contributed by atoms with van der Waals surface area (Å²) in [5.41, 5.74) is 1.51. The summed E-state index contributed by atoms with van der Waals surface area (Å²) in [5, 5.41) is 12.8. The second kappa shape index (κ2) is 4.12. The van der Waals surface area contributed by atoms with Crippen LogP contribution in [0.4, 0.5) is 5.69 Å². The minimum Gasteiger partial charge on any atom is -0.384 e. The zero-order valence-corrected chi connectivity index (χ0v) is 9.38. The van der Waals surface area contributed by atoms with E-state index in [4.69, 9.17) is 16.9 Å². The Kier molecular flexibility index (Phi) is 2.83. The maximum atomic E-state index is 8.93. The fourth-order valence-corrected chi connectivity index (χ4v) is 1.86. The Morgan fingerprint density at radius 3 is 2.93 bits per heavy atom. The standard InChI is InChI=1S/C12H13ClN2/c1-8-4-10(8)7-15-12-3-2-11(13)5-9(12)6-14/h2-3,5,8,10,15H,4,7H2,1H3. The molecule has 15 heavy (non-hydrogen) atoms. The number of nitrogens with zero attached hydrogens (tertiary/aromatic N) is 1. The van der Waals surface area contributed by atoms with Crippen LogP contribution >= 0.6 is 11.6 Å². The molecule has 0 heterocycles. The number of halogens is 1. The molecule has 2 unspecified atom stereocenters. The van der Waals surface area contributed by atoms with Crippen LogP contribution in [0.1, 0.15) is 18.9 Å². The van der Waals surface area contributed by atoms with Crippen molar-refractivity contribution in [1.29, 1.82) is 5.26 Å². The van der Waals surface area contributed by atoms with Gasteiger partial charge in [0, 0.05) is 11.6 Å². The zero-order chi connectivity index (χ0) is 10.8. The molecule has 1 fully saturated rings. The van der Waals surface area contributed by atoms with E-state index >= 15 is 0 Å². The number of nitriles is 1. The molecule has 1 aromatic carbocycles. The summed E-state index contributed by atoms with van der Waals surface area (Å²) in [6.07, 6.45) is 1.29. The highest BCUT2D eigenvalue weighted by Gasteiger charge is 2.31. The summed E-state index contributed by atoms with van der Waals surface area (Å²) in [7, 11) is 0. The van der Waals surface area contributed by atoms with Gasteiger partial charge < -0.3 is 5.32 Å². The van der Waals surface area contributed by atoms with Gasteiger partial charge in [-0.3, -0.25) is 0 Å². The molecular weight excluding hydrogens is 208 g/mol. The molecule has 1 aliphatic carbocycles. The third-order valence-corrected chi connectivity index (χ3v) is 3.17. The first-order chi connectivity index (χ1) is 7.20. The molecule has 0 aliphatic heterocycles. The van der Waals surface area contributed by atoms with Crippen LogP contribution in [0.5, 0.6) is 0 Å². The van der Waals surface area contributed by atoms with Crippen LogP contribution in [0, 0.1) is 23.2 Å². The van der Waals surface area contributed by atoms with Gasteiger partial charge in [-0.25, -0.2) is 0 Å². The first kappa shape index (κ1) is 10.3. The molecule has 0 aromatic heterocycles. The number of hydrogen-bond acceptors (Lipinski definition) is 2. The first-order valence-electron chi connectivity index (χ1n) is 5.14. The number of nitrogens with one attached hydrogen (secondary N) is 1. The normalized spacial score (nSPS) is 23.3. The average molecular weight is 221 g/mol. The van der Waals surface area contributed by atoms with Crippen LogP contribution in [0.15, 0.2) is 18.2 Å². The van der Waals surface area contributed by atoms with Crippen LogP contribution < -0.4 is 5.32 Å². The van der Waals surface area contributed by atoms with E-state index in [0.717, 1.165) is 24.1 Å². The second-order valence-corrected chi connectivity index (χ2v) is 4.59.